The lowest BCUT2D eigenvalue weighted by atomic mass is 9.82. The summed E-state index contributed by atoms with van der Waals surface area (Å²) >= 11 is 0. The predicted octanol–water partition coefficient (Wildman–Crippen LogP) is 15.7. The average molecular weight is 760 g/mol. The van der Waals surface area contributed by atoms with Gasteiger partial charge in [0.05, 0.1) is 11.0 Å². The molecular weight excluding hydrogens is 707 g/mol. The molecule has 0 unspecified atom stereocenters. The summed E-state index contributed by atoms with van der Waals surface area (Å²) in [6, 6.07) is 75.9. The molecule has 0 atom stereocenters. The number of aryl methyl sites for hydroxylation is 1. The highest BCUT2D eigenvalue weighted by Gasteiger charge is 2.35. The molecule has 1 aliphatic rings. The van der Waals surface area contributed by atoms with Crippen LogP contribution in [0.25, 0.3) is 38.6 Å². The molecule has 0 saturated carbocycles. The molecule has 57 heavy (non-hydrogen) atoms. The van der Waals surface area contributed by atoms with Gasteiger partial charge in [-0.15, -0.1) is 0 Å². The third kappa shape index (κ3) is 7.71. The fraction of sp³-hybridized carbons (Fsp3) is 0.127. The van der Waals surface area contributed by atoms with E-state index in [1.54, 1.807) is 0 Å². The number of hydrogen-bond donors (Lipinski definition) is 0. The number of fused-ring (bicyclic) bond motifs is 6. The number of nitrogens with zero attached hydrogens (tertiary/aromatic N) is 1. The molecule has 0 amide bonds. The summed E-state index contributed by atoms with van der Waals surface area (Å²) in [5, 5.41) is 2.61. The quantitative estimate of drug-likeness (QED) is 0.168. The lowest BCUT2D eigenvalue weighted by Crippen LogP contribution is -2.15. The van der Waals surface area contributed by atoms with Crippen molar-refractivity contribution in [1.29, 1.82) is 0 Å². The van der Waals surface area contributed by atoms with Gasteiger partial charge in [0.15, 0.2) is 0 Å². The van der Waals surface area contributed by atoms with E-state index < -0.39 is 10.0 Å². The molecule has 2 heteroatoms. The van der Waals surface area contributed by atoms with E-state index in [0.29, 0.717) is 0 Å². The van der Waals surface area contributed by atoms with Crippen LogP contribution in [0.1, 0.15) is 44.4 Å². The van der Waals surface area contributed by atoms with Crippen LogP contribution < -0.4 is 0 Å². The topological polar surface area (TPSA) is 4.93 Å². The molecule has 9 aromatic rings. The van der Waals surface area contributed by atoms with Crippen molar-refractivity contribution < 1.29 is 0 Å². The van der Waals surface area contributed by atoms with Gasteiger partial charge < -0.3 is 4.57 Å². The zero-order chi connectivity index (χ0) is 39.8. The van der Waals surface area contributed by atoms with Gasteiger partial charge in [-0.05, 0) is 111 Å². The van der Waals surface area contributed by atoms with Crippen molar-refractivity contribution in [2.45, 2.75) is 54.7 Å². The monoisotopic (exact) mass is 759 g/mol. The van der Waals surface area contributed by atoms with Gasteiger partial charge in [0, 0.05) is 21.9 Å². The first-order valence-corrected chi connectivity index (χ1v) is 22.1. The Bertz CT molecular complexity index is 2570. The highest BCUT2D eigenvalue weighted by molar-refractivity contribution is 8.33. The van der Waals surface area contributed by atoms with Gasteiger partial charge >= 0.3 is 0 Å². The predicted molar refractivity (Wildman–Crippen MR) is 249 cm³/mol. The molecule has 0 aliphatic heterocycles. The first-order valence-electron chi connectivity index (χ1n) is 20.1. The summed E-state index contributed by atoms with van der Waals surface area (Å²) in [6.45, 7) is 10.8. The maximum Gasteiger partial charge on any atom is 0.0541 e. The van der Waals surface area contributed by atoms with Gasteiger partial charge in [-0.3, -0.25) is 0 Å². The first-order chi connectivity index (χ1) is 27.9. The molecule has 0 fully saturated rings. The minimum Gasteiger partial charge on any atom is -0.309 e. The molecule has 0 N–H and O–H groups in total. The third-order valence-electron chi connectivity index (χ3n) is 11.0. The Hall–Kier alpha value is -6.09. The molecule has 284 valence electrons. The van der Waals surface area contributed by atoms with Crippen LogP contribution in [-0.4, -0.2) is 10.8 Å². The second-order valence-corrected chi connectivity index (χ2v) is 18.0. The van der Waals surface area contributed by atoms with Crippen molar-refractivity contribution in [3.05, 3.63) is 229 Å². The van der Waals surface area contributed by atoms with Crippen molar-refractivity contribution in [2.24, 2.45) is 0 Å². The van der Waals surface area contributed by atoms with Crippen LogP contribution in [0.5, 0.6) is 0 Å². The van der Waals surface area contributed by atoms with E-state index in [1.807, 2.05) is 50.2 Å². The summed E-state index contributed by atoms with van der Waals surface area (Å²) in [6.07, 6.45) is 2.40. The van der Waals surface area contributed by atoms with Crippen LogP contribution in [0, 0.1) is 6.92 Å². The van der Waals surface area contributed by atoms with Gasteiger partial charge in [0.2, 0.25) is 0 Å². The molecular formula is C55H53NS. The molecule has 0 radical (unpaired) electrons. The lowest BCUT2D eigenvalue weighted by Gasteiger charge is -2.37. The van der Waals surface area contributed by atoms with Crippen molar-refractivity contribution in [3.8, 4) is 16.8 Å². The van der Waals surface area contributed by atoms with Crippen molar-refractivity contribution >= 4 is 31.8 Å². The third-order valence-corrected chi connectivity index (χ3v) is 14.6. The molecule has 10 rings (SSSR count). The Morgan fingerprint density at radius 2 is 0.842 bits per heavy atom. The number of aromatic nitrogens is 1. The normalized spacial score (nSPS) is 12.5. The number of benzene rings is 8. The molecule has 0 spiro atoms. The summed E-state index contributed by atoms with van der Waals surface area (Å²) < 4.78 is 2.41. The van der Waals surface area contributed by atoms with E-state index in [9.17, 15) is 0 Å². The van der Waals surface area contributed by atoms with Crippen LogP contribution >= 0.6 is 10.0 Å². The maximum atomic E-state index is 2.41. The van der Waals surface area contributed by atoms with E-state index >= 15 is 0 Å². The second-order valence-electron chi connectivity index (χ2n) is 14.8. The molecule has 0 bridgehead atoms. The van der Waals surface area contributed by atoms with Crippen molar-refractivity contribution in [2.75, 3.05) is 6.26 Å². The zero-order valence-corrected chi connectivity index (χ0v) is 34.9. The first kappa shape index (κ1) is 39.2. The maximum absolute atomic E-state index is 2.41. The smallest absolute Gasteiger partial charge is 0.0541 e. The van der Waals surface area contributed by atoms with Crippen LogP contribution in [0.2, 0.25) is 0 Å². The highest BCUT2D eigenvalue weighted by atomic mass is 32.3. The van der Waals surface area contributed by atoms with Gasteiger partial charge in [0.25, 0.3) is 0 Å². The molecule has 1 nitrogen and oxygen atoms in total. The molecule has 8 aromatic carbocycles. The highest BCUT2D eigenvalue weighted by Crippen LogP contribution is 2.65. The Kier molecular flexibility index (Phi) is 11.9. The summed E-state index contributed by atoms with van der Waals surface area (Å²) in [7, 11) is -1.20. The van der Waals surface area contributed by atoms with Crippen LogP contribution in [0.3, 0.4) is 0 Å². The minimum atomic E-state index is -1.20. The van der Waals surface area contributed by atoms with E-state index in [4.69, 9.17) is 0 Å². The SMILES string of the molecule is CC.CC1(C)c2ccccc2-c2ccc(-n3c4ccccc4c4ccccc43)cc21.Cc1cccc(S(C)(c2ccccc2)c2ccccc2)c1.c1ccccc1. The Morgan fingerprint density at radius 3 is 1.39 bits per heavy atom. The largest absolute Gasteiger partial charge is 0.309 e. The number of rotatable bonds is 4. The fourth-order valence-electron chi connectivity index (χ4n) is 8.08. The Morgan fingerprint density at radius 1 is 0.404 bits per heavy atom. The second kappa shape index (κ2) is 17.4. The number of hydrogen-bond acceptors (Lipinski definition) is 0. The summed E-state index contributed by atoms with van der Waals surface area (Å²) in [5.41, 5.74) is 10.7. The fourth-order valence-corrected chi connectivity index (χ4v) is 11.1. The van der Waals surface area contributed by atoms with Crippen molar-refractivity contribution in [3.63, 3.8) is 0 Å². The lowest BCUT2D eigenvalue weighted by molar-refractivity contribution is 0.660. The minimum absolute atomic E-state index is 0.0146. The van der Waals surface area contributed by atoms with Crippen LogP contribution in [0.4, 0.5) is 0 Å². The molecule has 0 saturated heterocycles. The average Bonchev–Trinajstić information content (AvgIpc) is 3.74. The summed E-state index contributed by atoms with van der Waals surface area (Å²) in [5.74, 6) is 0. The molecule has 1 heterocycles. The van der Waals surface area contributed by atoms with Crippen LogP contribution in [-0.2, 0) is 5.41 Å². The van der Waals surface area contributed by atoms with Crippen LogP contribution in [0.15, 0.2) is 227 Å². The van der Waals surface area contributed by atoms with Gasteiger partial charge in [0.1, 0.15) is 0 Å². The van der Waals surface area contributed by atoms with E-state index in [0.717, 1.165) is 0 Å². The van der Waals surface area contributed by atoms with E-state index in [1.165, 1.54) is 70.0 Å². The Balaban J connectivity index is 0.000000151. The van der Waals surface area contributed by atoms with Gasteiger partial charge in [-0.1, -0.05) is 185 Å². The summed E-state index contributed by atoms with van der Waals surface area (Å²) in [4.78, 5) is 4.23. The van der Waals surface area contributed by atoms with Gasteiger partial charge in [-0.2, -0.15) is 10.0 Å². The zero-order valence-electron chi connectivity index (χ0n) is 34.1. The molecule has 1 aromatic heterocycles. The molecule has 1 aliphatic carbocycles. The number of para-hydroxylation sites is 2. The van der Waals surface area contributed by atoms with E-state index in [2.05, 4.69) is 208 Å². The Labute approximate surface area is 341 Å². The van der Waals surface area contributed by atoms with Crippen molar-refractivity contribution in [1.82, 2.24) is 4.57 Å². The van der Waals surface area contributed by atoms with E-state index in [-0.39, 0.29) is 5.41 Å². The van der Waals surface area contributed by atoms with Gasteiger partial charge in [-0.25, -0.2) is 0 Å². The standard InChI is InChI=1S/C27H21N.C20H20S.C6H6.C2H6/c1-27(2)23-12-6-3-9-19(23)20-16-15-18(17-24(20)27)28-25-13-7-4-10-21(25)22-11-5-8-14-26(22)28;1-17-10-9-15-20(16-17)21(2,18-11-5-3-6-12-18)19-13-7-4-8-14-19;1-2-4-6-5-3-1;1-2/h3-17H,1-2H3;3-16H,1-2H3;1-6H;1-2H3.